The zero-order chi connectivity index (χ0) is 14.3. The van der Waals surface area contributed by atoms with E-state index in [0.717, 1.165) is 0 Å². The van der Waals surface area contributed by atoms with Gasteiger partial charge in [-0.2, -0.15) is 0 Å². The van der Waals surface area contributed by atoms with Crippen LogP contribution < -0.4 is 11.3 Å². The number of benzene rings is 1. The van der Waals surface area contributed by atoms with Crippen LogP contribution in [0.5, 0.6) is 0 Å². The molecule has 106 valence electrons. The predicted molar refractivity (Wildman–Crippen MR) is 70.9 cm³/mol. The van der Waals surface area contributed by atoms with E-state index in [1.807, 2.05) is 24.3 Å². The summed E-state index contributed by atoms with van der Waals surface area (Å²) in [6, 6.07) is 4.19. The fourth-order valence-corrected chi connectivity index (χ4v) is 1.66. The van der Waals surface area contributed by atoms with E-state index in [0.29, 0.717) is 37.4 Å². The molecule has 0 fully saturated rings. The summed E-state index contributed by atoms with van der Waals surface area (Å²) in [5.74, 6) is 4.29. The highest BCUT2D eigenvalue weighted by molar-refractivity contribution is 5.93. The van der Waals surface area contributed by atoms with Crippen molar-refractivity contribution in [3.05, 3.63) is 35.1 Å². The minimum Gasteiger partial charge on any atom is -0.380 e. The Kier molecular flexibility index (Phi) is 6.41. The van der Waals surface area contributed by atoms with Crippen molar-refractivity contribution in [1.29, 1.82) is 0 Å². The van der Waals surface area contributed by atoms with Gasteiger partial charge in [-0.3, -0.25) is 15.1 Å². The zero-order valence-electron chi connectivity index (χ0n) is 11.3. The summed E-state index contributed by atoms with van der Waals surface area (Å²) in [5.41, 5.74) is 2.83. The molecule has 0 spiro atoms. The van der Waals surface area contributed by atoms with Gasteiger partial charge in [0.1, 0.15) is 5.82 Å². The standard InChI is InChI=1S/C13H20FN3O2/c1-3-19-7-6-17(2)9-11-8-10(13(18)16-15)4-5-12(11)14/h4-5,8H,3,6-7,9,15H2,1-2H3,(H,16,18). The predicted octanol–water partition coefficient (Wildman–Crippen LogP) is 0.898. The fourth-order valence-electron chi connectivity index (χ4n) is 1.66. The topological polar surface area (TPSA) is 67.6 Å². The van der Waals surface area contributed by atoms with Gasteiger partial charge in [0.2, 0.25) is 0 Å². The number of nitrogens with two attached hydrogens (primary N) is 1. The van der Waals surface area contributed by atoms with Crippen LogP contribution in [0.25, 0.3) is 0 Å². The van der Waals surface area contributed by atoms with Gasteiger partial charge in [0, 0.05) is 30.8 Å². The summed E-state index contributed by atoms with van der Waals surface area (Å²) in [7, 11) is 1.87. The molecule has 0 heterocycles. The number of nitrogen functional groups attached to an aromatic ring is 1. The van der Waals surface area contributed by atoms with Crippen molar-refractivity contribution in [2.75, 3.05) is 26.8 Å². The monoisotopic (exact) mass is 269 g/mol. The van der Waals surface area contributed by atoms with Crippen LogP contribution in [0.15, 0.2) is 18.2 Å². The third-order valence-corrected chi connectivity index (χ3v) is 2.70. The number of nitrogens with zero attached hydrogens (tertiary/aromatic N) is 1. The van der Waals surface area contributed by atoms with Crippen molar-refractivity contribution < 1.29 is 13.9 Å². The number of nitrogens with one attached hydrogen (secondary N) is 1. The second-order valence-corrected chi connectivity index (χ2v) is 4.21. The Morgan fingerprint density at radius 3 is 2.89 bits per heavy atom. The van der Waals surface area contributed by atoms with Crippen LogP contribution in [0.2, 0.25) is 0 Å². The number of hydrazine groups is 1. The average molecular weight is 269 g/mol. The molecule has 0 saturated heterocycles. The molecule has 0 aliphatic rings. The fraction of sp³-hybridized carbons (Fsp3) is 0.462. The van der Waals surface area contributed by atoms with Gasteiger partial charge in [-0.25, -0.2) is 10.2 Å². The van der Waals surface area contributed by atoms with Crippen LogP contribution in [0.4, 0.5) is 4.39 Å². The molecule has 0 unspecified atom stereocenters. The third-order valence-electron chi connectivity index (χ3n) is 2.70. The maximum atomic E-state index is 13.7. The number of carbonyl (C=O) groups excluding carboxylic acids is 1. The molecule has 1 amide bonds. The first-order valence-electron chi connectivity index (χ1n) is 6.14. The van der Waals surface area contributed by atoms with Gasteiger partial charge in [-0.15, -0.1) is 0 Å². The van der Waals surface area contributed by atoms with E-state index in [1.54, 1.807) is 0 Å². The summed E-state index contributed by atoms with van der Waals surface area (Å²) in [4.78, 5) is 13.3. The molecule has 19 heavy (non-hydrogen) atoms. The molecule has 0 bridgehead atoms. The number of carbonyl (C=O) groups is 1. The average Bonchev–Trinajstić information content (AvgIpc) is 2.40. The lowest BCUT2D eigenvalue weighted by Crippen LogP contribution is -2.30. The van der Waals surface area contributed by atoms with Crippen molar-refractivity contribution in [3.8, 4) is 0 Å². The van der Waals surface area contributed by atoms with Crippen molar-refractivity contribution in [2.24, 2.45) is 5.84 Å². The van der Waals surface area contributed by atoms with E-state index in [9.17, 15) is 9.18 Å². The molecule has 6 heteroatoms. The molecule has 1 rings (SSSR count). The van der Waals surface area contributed by atoms with Gasteiger partial charge in [0.25, 0.3) is 5.91 Å². The lowest BCUT2D eigenvalue weighted by molar-refractivity contribution is 0.0953. The summed E-state index contributed by atoms with van der Waals surface area (Å²) in [6.45, 7) is 4.28. The Hall–Kier alpha value is -1.50. The SMILES string of the molecule is CCOCCN(C)Cc1cc(C(=O)NN)ccc1F. The molecule has 1 aromatic rings. The Balaban J connectivity index is 2.68. The Morgan fingerprint density at radius 2 is 2.26 bits per heavy atom. The summed E-state index contributed by atoms with van der Waals surface area (Å²) in [6.07, 6.45) is 0. The first-order valence-corrected chi connectivity index (χ1v) is 6.14. The molecule has 0 aromatic heterocycles. The Morgan fingerprint density at radius 1 is 1.53 bits per heavy atom. The van der Waals surface area contributed by atoms with Gasteiger partial charge in [0.05, 0.1) is 6.61 Å². The van der Waals surface area contributed by atoms with Crippen LogP contribution in [0, 0.1) is 5.82 Å². The maximum Gasteiger partial charge on any atom is 0.265 e. The molecule has 1 aromatic carbocycles. The molecule has 0 radical (unpaired) electrons. The first-order chi connectivity index (χ1) is 9.08. The molecular weight excluding hydrogens is 249 g/mol. The van der Waals surface area contributed by atoms with Crippen molar-refractivity contribution in [2.45, 2.75) is 13.5 Å². The molecular formula is C13H20FN3O2. The highest BCUT2D eigenvalue weighted by Gasteiger charge is 2.10. The van der Waals surface area contributed by atoms with E-state index in [4.69, 9.17) is 10.6 Å². The van der Waals surface area contributed by atoms with Gasteiger partial charge in [-0.1, -0.05) is 0 Å². The highest BCUT2D eigenvalue weighted by Crippen LogP contribution is 2.12. The Labute approximate surface area is 112 Å². The van der Waals surface area contributed by atoms with Crippen molar-refractivity contribution in [3.63, 3.8) is 0 Å². The lowest BCUT2D eigenvalue weighted by atomic mass is 10.1. The molecule has 0 aliphatic heterocycles. The van der Waals surface area contributed by atoms with Crippen LogP contribution in [-0.4, -0.2) is 37.6 Å². The smallest absolute Gasteiger partial charge is 0.265 e. The molecule has 5 nitrogen and oxygen atoms in total. The van der Waals surface area contributed by atoms with E-state index < -0.39 is 5.91 Å². The van der Waals surface area contributed by atoms with Crippen molar-refractivity contribution in [1.82, 2.24) is 10.3 Å². The Bertz CT molecular complexity index is 426. The van der Waals surface area contributed by atoms with Crippen LogP contribution in [0.1, 0.15) is 22.8 Å². The summed E-state index contributed by atoms with van der Waals surface area (Å²) >= 11 is 0. The number of halogens is 1. The minimum absolute atomic E-state index is 0.336. The number of amides is 1. The number of hydrogen-bond acceptors (Lipinski definition) is 4. The van der Waals surface area contributed by atoms with Gasteiger partial charge < -0.3 is 4.74 Å². The zero-order valence-corrected chi connectivity index (χ0v) is 11.3. The summed E-state index contributed by atoms with van der Waals surface area (Å²) < 4.78 is 18.9. The molecule has 0 atom stereocenters. The largest absolute Gasteiger partial charge is 0.380 e. The summed E-state index contributed by atoms with van der Waals surface area (Å²) in [5, 5.41) is 0. The lowest BCUT2D eigenvalue weighted by Gasteiger charge is -2.17. The maximum absolute atomic E-state index is 13.7. The number of ether oxygens (including phenoxy) is 1. The quantitative estimate of drug-likeness (QED) is 0.334. The van der Waals surface area contributed by atoms with E-state index >= 15 is 0 Å². The third kappa shape index (κ3) is 4.94. The van der Waals surface area contributed by atoms with Crippen LogP contribution in [-0.2, 0) is 11.3 Å². The van der Waals surface area contributed by atoms with Crippen molar-refractivity contribution >= 4 is 5.91 Å². The first kappa shape index (κ1) is 15.6. The normalized spacial score (nSPS) is 10.8. The van der Waals surface area contributed by atoms with Crippen LogP contribution >= 0.6 is 0 Å². The van der Waals surface area contributed by atoms with Gasteiger partial charge in [0.15, 0.2) is 0 Å². The highest BCUT2D eigenvalue weighted by atomic mass is 19.1. The number of rotatable bonds is 7. The van der Waals surface area contributed by atoms with Gasteiger partial charge >= 0.3 is 0 Å². The van der Waals surface area contributed by atoms with E-state index in [-0.39, 0.29) is 5.82 Å². The second kappa shape index (κ2) is 7.83. The van der Waals surface area contributed by atoms with E-state index in [2.05, 4.69) is 0 Å². The number of hydrogen-bond donors (Lipinski definition) is 2. The number of likely N-dealkylation sites (N-methyl/N-ethyl adjacent to an activating group) is 1. The van der Waals surface area contributed by atoms with E-state index in [1.165, 1.54) is 18.2 Å². The van der Waals surface area contributed by atoms with Gasteiger partial charge in [-0.05, 0) is 32.2 Å². The molecule has 0 saturated carbocycles. The molecule has 0 aliphatic carbocycles. The second-order valence-electron chi connectivity index (χ2n) is 4.21. The van der Waals surface area contributed by atoms with Crippen LogP contribution in [0.3, 0.4) is 0 Å². The molecule has 3 N–H and O–H groups in total. The minimum atomic E-state index is -0.432.